The van der Waals surface area contributed by atoms with Gasteiger partial charge in [-0.25, -0.2) is 13.2 Å². The highest BCUT2D eigenvalue weighted by Gasteiger charge is 2.24. The van der Waals surface area contributed by atoms with Crippen molar-refractivity contribution in [1.82, 2.24) is 5.32 Å². The van der Waals surface area contributed by atoms with E-state index < -0.39 is 47.2 Å². The van der Waals surface area contributed by atoms with Crippen LogP contribution < -0.4 is 10.6 Å². The zero-order valence-corrected chi connectivity index (χ0v) is 15.7. The summed E-state index contributed by atoms with van der Waals surface area (Å²) in [6.07, 6.45) is -1.59. The van der Waals surface area contributed by atoms with Crippen molar-refractivity contribution in [3.63, 3.8) is 0 Å². The van der Waals surface area contributed by atoms with Gasteiger partial charge in [0, 0.05) is 6.92 Å². The van der Waals surface area contributed by atoms with Crippen LogP contribution in [-0.2, 0) is 19.1 Å². The zero-order chi connectivity index (χ0) is 21.6. The second-order valence-corrected chi connectivity index (χ2v) is 6.21. The fourth-order valence-corrected chi connectivity index (χ4v) is 2.51. The Bertz CT molecular complexity index is 906. The number of hydrogen-bond acceptors (Lipinski definition) is 4. The van der Waals surface area contributed by atoms with Crippen LogP contribution in [0.4, 0.5) is 18.9 Å². The molecule has 0 saturated carbocycles. The number of anilines is 1. The largest absolute Gasteiger partial charge is 0.452 e. The van der Waals surface area contributed by atoms with Gasteiger partial charge in [-0.1, -0.05) is 30.3 Å². The summed E-state index contributed by atoms with van der Waals surface area (Å²) in [7, 11) is 0. The molecule has 0 radical (unpaired) electrons. The molecule has 154 valence electrons. The fourth-order valence-electron chi connectivity index (χ4n) is 2.51. The van der Waals surface area contributed by atoms with Gasteiger partial charge in [0.25, 0.3) is 5.91 Å². The Kier molecular flexibility index (Phi) is 7.35. The Morgan fingerprint density at radius 2 is 1.66 bits per heavy atom. The molecular formula is C20H19F3N2O4. The highest BCUT2D eigenvalue weighted by molar-refractivity contribution is 5.95. The molecule has 0 bridgehead atoms. The maximum Gasteiger partial charge on any atom is 0.309 e. The van der Waals surface area contributed by atoms with Gasteiger partial charge in [-0.05, 0) is 24.6 Å². The molecule has 2 aromatic rings. The van der Waals surface area contributed by atoms with Crippen molar-refractivity contribution in [1.29, 1.82) is 0 Å². The van der Waals surface area contributed by atoms with E-state index in [1.807, 2.05) is 5.32 Å². The minimum atomic E-state index is -1.73. The minimum Gasteiger partial charge on any atom is -0.452 e. The summed E-state index contributed by atoms with van der Waals surface area (Å²) in [5.74, 6) is -6.77. The average Bonchev–Trinajstić information content (AvgIpc) is 2.68. The lowest BCUT2D eigenvalue weighted by Crippen LogP contribution is -2.33. The average molecular weight is 408 g/mol. The molecule has 2 N–H and O–H groups in total. The first-order valence-electron chi connectivity index (χ1n) is 8.65. The van der Waals surface area contributed by atoms with Gasteiger partial charge in [-0.3, -0.25) is 14.4 Å². The number of amides is 2. The van der Waals surface area contributed by atoms with E-state index in [4.69, 9.17) is 4.74 Å². The van der Waals surface area contributed by atoms with Crippen LogP contribution in [-0.4, -0.2) is 23.9 Å². The molecule has 6 nitrogen and oxygen atoms in total. The molecule has 0 aromatic heterocycles. The number of carbonyl (C=O) groups is 3. The van der Waals surface area contributed by atoms with Gasteiger partial charge in [0.05, 0.1) is 18.2 Å². The quantitative estimate of drug-likeness (QED) is 0.544. The van der Waals surface area contributed by atoms with Gasteiger partial charge in [0.15, 0.2) is 23.6 Å². The third-order valence-corrected chi connectivity index (χ3v) is 3.92. The monoisotopic (exact) mass is 408 g/mol. The molecule has 2 rings (SSSR count). The maximum atomic E-state index is 13.7. The summed E-state index contributed by atoms with van der Waals surface area (Å²) in [6.45, 7) is 2.54. The van der Waals surface area contributed by atoms with Crippen molar-refractivity contribution in [2.75, 3.05) is 5.32 Å². The van der Waals surface area contributed by atoms with E-state index in [1.54, 1.807) is 30.3 Å². The fraction of sp³-hybridized carbons (Fsp3) is 0.250. The van der Waals surface area contributed by atoms with Gasteiger partial charge in [0.2, 0.25) is 5.91 Å². The summed E-state index contributed by atoms with van der Waals surface area (Å²) in [5.41, 5.74) is 0.0813. The van der Waals surface area contributed by atoms with Gasteiger partial charge in [0.1, 0.15) is 0 Å². The number of esters is 1. The van der Waals surface area contributed by atoms with E-state index in [1.165, 1.54) is 13.8 Å². The molecule has 0 spiro atoms. The van der Waals surface area contributed by atoms with Crippen molar-refractivity contribution in [2.24, 2.45) is 0 Å². The lowest BCUT2D eigenvalue weighted by Gasteiger charge is -2.19. The predicted octanol–water partition coefficient (Wildman–Crippen LogP) is 3.24. The topological polar surface area (TPSA) is 84.5 Å². The van der Waals surface area contributed by atoms with Crippen LogP contribution >= 0.6 is 0 Å². The van der Waals surface area contributed by atoms with Crippen LogP contribution in [0.1, 0.15) is 31.9 Å². The predicted molar refractivity (Wildman–Crippen MR) is 98.1 cm³/mol. The SMILES string of the molecule is CC(=O)N[C@H](CC(=O)O[C@@H](C)C(=O)Nc1ccc(F)c(F)c1F)c1ccccc1. The zero-order valence-electron chi connectivity index (χ0n) is 15.7. The van der Waals surface area contributed by atoms with Crippen molar-refractivity contribution in [2.45, 2.75) is 32.4 Å². The summed E-state index contributed by atoms with van der Waals surface area (Å²) in [6, 6.07) is 9.52. The summed E-state index contributed by atoms with van der Waals surface area (Å²) >= 11 is 0. The third-order valence-electron chi connectivity index (χ3n) is 3.92. The Hall–Kier alpha value is -3.36. The molecule has 0 saturated heterocycles. The third kappa shape index (κ3) is 6.06. The molecule has 9 heteroatoms. The van der Waals surface area contributed by atoms with Gasteiger partial charge in [-0.15, -0.1) is 0 Å². The Balaban J connectivity index is 2.00. The van der Waals surface area contributed by atoms with E-state index in [0.29, 0.717) is 11.6 Å². The molecule has 29 heavy (non-hydrogen) atoms. The number of benzene rings is 2. The van der Waals surface area contributed by atoms with E-state index in [9.17, 15) is 27.6 Å². The first-order chi connectivity index (χ1) is 13.7. The maximum absolute atomic E-state index is 13.7. The first kappa shape index (κ1) is 21.9. The van der Waals surface area contributed by atoms with Crippen LogP contribution in [0.3, 0.4) is 0 Å². The van der Waals surface area contributed by atoms with Crippen LogP contribution in [0.15, 0.2) is 42.5 Å². The lowest BCUT2D eigenvalue weighted by molar-refractivity contribution is -0.153. The highest BCUT2D eigenvalue weighted by atomic mass is 19.2. The number of rotatable bonds is 7. The molecule has 0 aliphatic rings. The number of hydrogen-bond donors (Lipinski definition) is 2. The number of halogens is 3. The molecule has 2 atom stereocenters. The highest BCUT2D eigenvalue weighted by Crippen LogP contribution is 2.21. The van der Waals surface area contributed by atoms with Gasteiger partial charge >= 0.3 is 5.97 Å². The number of ether oxygens (including phenoxy) is 1. The number of carbonyl (C=O) groups excluding carboxylic acids is 3. The smallest absolute Gasteiger partial charge is 0.309 e. The van der Waals surface area contributed by atoms with Crippen molar-refractivity contribution in [3.8, 4) is 0 Å². The number of nitrogens with one attached hydrogen (secondary N) is 2. The van der Waals surface area contributed by atoms with Crippen LogP contribution in [0.25, 0.3) is 0 Å². The summed E-state index contributed by atoms with van der Waals surface area (Å²) in [4.78, 5) is 35.7. The lowest BCUT2D eigenvalue weighted by atomic mass is 10.0. The molecular weight excluding hydrogens is 389 g/mol. The van der Waals surface area contributed by atoms with Crippen molar-refractivity contribution < 1.29 is 32.3 Å². The van der Waals surface area contributed by atoms with Crippen molar-refractivity contribution in [3.05, 3.63) is 65.5 Å². The standard InChI is InChI=1S/C20H19F3N2O4/c1-11(20(28)25-15-9-8-14(21)18(22)19(15)23)29-17(27)10-16(24-12(2)26)13-6-4-3-5-7-13/h3-9,11,16H,10H2,1-2H3,(H,24,26)(H,25,28)/t11-,16+/m0/s1. The van der Waals surface area contributed by atoms with Crippen LogP contribution in [0.2, 0.25) is 0 Å². The molecule has 0 fully saturated rings. The Morgan fingerprint density at radius 3 is 2.28 bits per heavy atom. The second-order valence-electron chi connectivity index (χ2n) is 6.21. The second kappa shape index (κ2) is 9.72. The van der Waals surface area contributed by atoms with Crippen LogP contribution in [0.5, 0.6) is 0 Å². The Morgan fingerprint density at radius 1 is 1.00 bits per heavy atom. The van der Waals surface area contributed by atoms with Gasteiger partial charge < -0.3 is 15.4 Å². The molecule has 2 aromatic carbocycles. The first-order valence-corrected chi connectivity index (χ1v) is 8.65. The van der Waals surface area contributed by atoms with E-state index in [-0.39, 0.29) is 12.3 Å². The molecule has 0 aliphatic carbocycles. The normalized spacial score (nSPS) is 12.6. The molecule has 2 amide bonds. The minimum absolute atomic E-state index is 0.249. The molecule has 0 heterocycles. The van der Waals surface area contributed by atoms with E-state index in [2.05, 4.69) is 5.32 Å². The Labute approximate surface area is 165 Å². The molecule has 0 aliphatic heterocycles. The summed E-state index contributed by atoms with van der Waals surface area (Å²) < 4.78 is 44.9. The van der Waals surface area contributed by atoms with Crippen LogP contribution in [0, 0.1) is 17.5 Å². The van der Waals surface area contributed by atoms with Crippen molar-refractivity contribution >= 4 is 23.5 Å². The van der Waals surface area contributed by atoms with Gasteiger partial charge in [-0.2, -0.15) is 0 Å². The van der Waals surface area contributed by atoms with E-state index >= 15 is 0 Å². The molecule has 0 unspecified atom stereocenters. The summed E-state index contributed by atoms with van der Waals surface area (Å²) in [5, 5.41) is 4.65. The van der Waals surface area contributed by atoms with E-state index in [0.717, 1.165) is 6.07 Å².